The van der Waals surface area contributed by atoms with Crippen molar-refractivity contribution < 1.29 is 18.9 Å². The maximum Gasteiger partial charge on any atom is 0.231 e. The molecule has 0 amide bonds. The second kappa shape index (κ2) is 11.6. The van der Waals surface area contributed by atoms with Crippen molar-refractivity contribution in [1.29, 1.82) is 0 Å². The zero-order valence-corrected chi connectivity index (χ0v) is 18.0. The van der Waals surface area contributed by atoms with Gasteiger partial charge in [0.25, 0.3) is 0 Å². The molecular weight excluding hydrogens is 390 g/mol. The fourth-order valence-corrected chi connectivity index (χ4v) is 3.60. The molecule has 0 bridgehead atoms. The van der Waals surface area contributed by atoms with Crippen molar-refractivity contribution in [3.8, 4) is 17.2 Å². The molecular formula is C26H31NO4. The molecule has 2 heterocycles. The van der Waals surface area contributed by atoms with Crippen LogP contribution in [0.2, 0.25) is 0 Å². The van der Waals surface area contributed by atoms with Gasteiger partial charge in [0.2, 0.25) is 6.79 Å². The van der Waals surface area contributed by atoms with E-state index in [2.05, 4.69) is 47.4 Å². The number of morpholine rings is 1. The summed E-state index contributed by atoms with van der Waals surface area (Å²) in [5, 5.41) is 0. The van der Waals surface area contributed by atoms with Crippen molar-refractivity contribution in [3.05, 3.63) is 65.7 Å². The lowest BCUT2D eigenvalue weighted by Crippen LogP contribution is -2.38. The monoisotopic (exact) mass is 421 g/mol. The van der Waals surface area contributed by atoms with Crippen LogP contribution in [0.1, 0.15) is 30.4 Å². The molecule has 0 atom stereocenters. The van der Waals surface area contributed by atoms with E-state index in [0.29, 0.717) is 6.79 Å². The summed E-state index contributed by atoms with van der Waals surface area (Å²) >= 11 is 0. The summed E-state index contributed by atoms with van der Waals surface area (Å²) in [6.07, 6.45) is 12.0. The molecule has 0 aliphatic carbocycles. The lowest BCUT2D eigenvalue weighted by atomic mass is 10.1. The van der Waals surface area contributed by atoms with E-state index >= 15 is 0 Å². The number of allylic oxidation sites excluding steroid dienone is 2. The number of hydrogen-bond acceptors (Lipinski definition) is 5. The molecule has 0 spiro atoms. The van der Waals surface area contributed by atoms with Crippen LogP contribution < -0.4 is 14.2 Å². The van der Waals surface area contributed by atoms with E-state index < -0.39 is 0 Å². The first kappa shape index (κ1) is 21.5. The first-order valence-corrected chi connectivity index (χ1v) is 11.1. The maximum atomic E-state index is 5.87. The van der Waals surface area contributed by atoms with Crippen molar-refractivity contribution in [1.82, 2.24) is 4.90 Å². The highest BCUT2D eigenvalue weighted by Gasteiger charge is 2.12. The van der Waals surface area contributed by atoms with E-state index in [1.807, 2.05) is 24.3 Å². The SMILES string of the molecule is C(=C\c1ccc(OCCN2CCOCC2)cc1)/CCC/C=C/c1ccc2c(c1)OCO2. The van der Waals surface area contributed by atoms with Crippen LogP contribution in [0.25, 0.3) is 12.2 Å². The minimum absolute atomic E-state index is 0.319. The third-order valence-corrected chi connectivity index (χ3v) is 5.42. The Morgan fingerprint density at radius 3 is 2.35 bits per heavy atom. The predicted octanol–water partition coefficient (Wildman–Crippen LogP) is 5.02. The van der Waals surface area contributed by atoms with Crippen molar-refractivity contribution in [2.45, 2.75) is 19.3 Å². The van der Waals surface area contributed by atoms with E-state index in [4.69, 9.17) is 18.9 Å². The predicted molar refractivity (Wildman–Crippen MR) is 124 cm³/mol. The molecule has 0 aromatic heterocycles. The van der Waals surface area contributed by atoms with E-state index in [0.717, 1.165) is 81.5 Å². The summed E-state index contributed by atoms with van der Waals surface area (Å²) in [4.78, 5) is 2.38. The fourth-order valence-electron chi connectivity index (χ4n) is 3.60. The van der Waals surface area contributed by atoms with Crippen molar-refractivity contribution in [3.63, 3.8) is 0 Å². The average Bonchev–Trinajstić information content (AvgIpc) is 3.28. The van der Waals surface area contributed by atoms with Crippen molar-refractivity contribution in [2.75, 3.05) is 46.2 Å². The van der Waals surface area contributed by atoms with Gasteiger partial charge in [0.15, 0.2) is 11.5 Å². The van der Waals surface area contributed by atoms with Crippen LogP contribution in [-0.4, -0.2) is 51.1 Å². The number of fused-ring (bicyclic) bond motifs is 1. The van der Waals surface area contributed by atoms with E-state index in [1.54, 1.807) is 0 Å². The molecule has 2 aliphatic heterocycles. The van der Waals surface area contributed by atoms with Crippen molar-refractivity contribution >= 4 is 12.2 Å². The average molecular weight is 422 g/mol. The summed E-state index contributed by atoms with van der Waals surface area (Å²) in [7, 11) is 0. The highest BCUT2D eigenvalue weighted by atomic mass is 16.7. The smallest absolute Gasteiger partial charge is 0.231 e. The van der Waals surface area contributed by atoms with Crippen LogP contribution in [0.5, 0.6) is 17.2 Å². The molecule has 2 aromatic carbocycles. The molecule has 0 unspecified atom stereocenters. The maximum absolute atomic E-state index is 5.87. The van der Waals surface area contributed by atoms with Gasteiger partial charge in [-0.2, -0.15) is 0 Å². The van der Waals surface area contributed by atoms with Crippen LogP contribution in [0.3, 0.4) is 0 Å². The quantitative estimate of drug-likeness (QED) is 0.504. The number of nitrogens with zero attached hydrogens (tertiary/aromatic N) is 1. The van der Waals surface area contributed by atoms with Gasteiger partial charge in [0.05, 0.1) is 13.2 Å². The van der Waals surface area contributed by atoms with Crippen LogP contribution in [0.4, 0.5) is 0 Å². The molecule has 5 nitrogen and oxygen atoms in total. The molecule has 1 fully saturated rings. The number of benzene rings is 2. The normalized spacial score (nSPS) is 16.4. The third-order valence-electron chi connectivity index (χ3n) is 5.42. The lowest BCUT2D eigenvalue weighted by molar-refractivity contribution is 0.0322. The minimum atomic E-state index is 0.319. The van der Waals surface area contributed by atoms with Gasteiger partial charge in [0.1, 0.15) is 12.4 Å². The largest absolute Gasteiger partial charge is 0.492 e. The molecule has 2 aromatic rings. The van der Waals surface area contributed by atoms with Crippen LogP contribution in [0.15, 0.2) is 54.6 Å². The Hall–Kier alpha value is -2.76. The topological polar surface area (TPSA) is 40.2 Å². The van der Waals surface area contributed by atoms with Gasteiger partial charge in [-0.25, -0.2) is 0 Å². The zero-order valence-electron chi connectivity index (χ0n) is 18.0. The van der Waals surface area contributed by atoms with Gasteiger partial charge in [-0.15, -0.1) is 0 Å². The molecule has 31 heavy (non-hydrogen) atoms. The van der Waals surface area contributed by atoms with Crippen LogP contribution in [-0.2, 0) is 4.74 Å². The Morgan fingerprint density at radius 2 is 1.55 bits per heavy atom. The van der Waals surface area contributed by atoms with Gasteiger partial charge in [-0.1, -0.05) is 42.5 Å². The number of hydrogen-bond donors (Lipinski definition) is 0. The van der Waals surface area contributed by atoms with Crippen molar-refractivity contribution in [2.24, 2.45) is 0 Å². The number of ether oxygens (including phenoxy) is 4. The number of unbranched alkanes of at least 4 members (excludes halogenated alkanes) is 2. The Labute approximate surface area is 184 Å². The van der Waals surface area contributed by atoms with E-state index in [-0.39, 0.29) is 0 Å². The molecule has 4 rings (SSSR count). The van der Waals surface area contributed by atoms with Gasteiger partial charge < -0.3 is 18.9 Å². The molecule has 164 valence electrons. The van der Waals surface area contributed by atoms with E-state index in [1.165, 1.54) is 5.56 Å². The first-order chi connectivity index (χ1) is 15.4. The standard InChI is InChI=1S/C26H31NO4/c1(3-5-7-23-10-13-25-26(20-23)31-21-30-25)2-4-6-22-8-11-24(12-9-22)29-19-16-27-14-17-28-18-15-27/h4-13,20H,1-3,14-19,21H2/b6-4+,7-5+. The van der Waals surface area contributed by atoms with Crippen LogP contribution in [0, 0.1) is 0 Å². The van der Waals surface area contributed by atoms with Gasteiger partial charge in [-0.05, 0) is 54.7 Å². The summed E-state index contributed by atoms with van der Waals surface area (Å²) in [6, 6.07) is 14.4. The highest BCUT2D eigenvalue weighted by molar-refractivity contribution is 5.56. The second-order valence-electron chi connectivity index (χ2n) is 7.72. The van der Waals surface area contributed by atoms with Gasteiger partial charge in [-0.3, -0.25) is 4.90 Å². The Morgan fingerprint density at radius 1 is 0.839 bits per heavy atom. The molecule has 1 saturated heterocycles. The first-order valence-electron chi connectivity index (χ1n) is 11.1. The summed E-state index contributed by atoms with van der Waals surface area (Å²) < 4.78 is 22.0. The minimum Gasteiger partial charge on any atom is -0.492 e. The molecule has 5 heteroatoms. The van der Waals surface area contributed by atoms with Gasteiger partial charge in [0, 0.05) is 19.6 Å². The summed E-state index contributed by atoms with van der Waals surface area (Å²) in [5.74, 6) is 2.59. The third kappa shape index (κ3) is 6.88. The summed E-state index contributed by atoms with van der Waals surface area (Å²) in [6.45, 7) is 5.65. The Balaban J connectivity index is 1.11. The Kier molecular flexibility index (Phi) is 8.02. The molecule has 0 saturated carbocycles. The Bertz CT molecular complexity index is 869. The highest BCUT2D eigenvalue weighted by Crippen LogP contribution is 2.32. The molecule has 0 radical (unpaired) electrons. The molecule has 0 N–H and O–H groups in total. The van der Waals surface area contributed by atoms with Crippen LogP contribution >= 0.6 is 0 Å². The summed E-state index contributed by atoms with van der Waals surface area (Å²) in [5.41, 5.74) is 2.35. The zero-order chi connectivity index (χ0) is 21.1. The lowest BCUT2D eigenvalue weighted by Gasteiger charge is -2.26. The van der Waals surface area contributed by atoms with Gasteiger partial charge >= 0.3 is 0 Å². The fraction of sp³-hybridized carbons (Fsp3) is 0.385. The molecule has 2 aliphatic rings. The second-order valence-corrected chi connectivity index (χ2v) is 7.72. The number of rotatable bonds is 10. The van der Waals surface area contributed by atoms with E-state index in [9.17, 15) is 0 Å².